The monoisotopic (exact) mass is 410 g/mol. The van der Waals surface area contributed by atoms with Gasteiger partial charge in [-0.1, -0.05) is 36.8 Å². The van der Waals surface area contributed by atoms with E-state index in [0.29, 0.717) is 5.69 Å². The van der Waals surface area contributed by atoms with E-state index in [-0.39, 0.29) is 35.1 Å². The van der Waals surface area contributed by atoms with E-state index >= 15 is 0 Å². The fraction of sp³-hybridized carbons (Fsp3) is 0.560. The summed E-state index contributed by atoms with van der Waals surface area (Å²) in [6.45, 7) is 8.49. The fourth-order valence-corrected chi connectivity index (χ4v) is 6.00. The second-order valence-corrected chi connectivity index (χ2v) is 9.67. The highest BCUT2D eigenvalue weighted by Crippen LogP contribution is 2.52. The highest BCUT2D eigenvalue weighted by molar-refractivity contribution is 5.76. The highest BCUT2D eigenvalue weighted by Gasteiger charge is 2.51. The van der Waals surface area contributed by atoms with Gasteiger partial charge in [0, 0.05) is 38.6 Å². The maximum atomic E-state index is 14.1. The summed E-state index contributed by atoms with van der Waals surface area (Å²) >= 11 is 0. The number of piperazine rings is 1. The van der Waals surface area contributed by atoms with Gasteiger partial charge in [0.2, 0.25) is 0 Å². The molecule has 0 spiro atoms. The molecule has 0 radical (unpaired) electrons. The summed E-state index contributed by atoms with van der Waals surface area (Å²) in [5, 5.41) is 0. The molecule has 0 bridgehead atoms. The van der Waals surface area contributed by atoms with E-state index in [0.717, 1.165) is 52.0 Å². The molecule has 160 valence electrons. The average molecular weight is 411 g/mol. The SMILES string of the molecule is CC1=CCCC2(C)CC3OC(=O)C(CN4CCN(c5ccccc5F)CC4)C3C=C12. The number of anilines is 1. The number of hydrogen-bond acceptors (Lipinski definition) is 4. The van der Waals surface area contributed by atoms with Crippen molar-refractivity contribution in [2.45, 2.75) is 39.2 Å². The van der Waals surface area contributed by atoms with E-state index in [1.807, 2.05) is 12.1 Å². The molecular weight excluding hydrogens is 379 g/mol. The van der Waals surface area contributed by atoms with Gasteiger partial charge in [0.25, 0.3) is 0 Å². The summed E-state index contributed by atoms with van der Waals surface area (Å²) in [7, 11) is 0. The number of rotatable bonds is 3. The van der Waals surface area contributed by atoms with Crippen molar-refractivity contribution in [2.75, 3.05) is 37.6 Å². The highest BCUT2D eigenvalue weighted by atomic mass is 19.1. The minimum absolute atomic E-state index is 0.0156. The third-order valence-corrected chi connectivity index (χ3v) is 7.72. The smallest absolute Gasteiger partial charge is 0.311 e. The Kier molecular flexibility index (Phi) is 4.97. The number of fused-ring (bicyclic) bond motifs is 2. The third kappa shape index (κ3) is 3.37. The minimum Gasteiger partial charge on any atom is -0.461 e. The van der Waals surface area contributed by atoms with Gasteiger partial charge in [0.1, 0.15) is 11.9 Å². The van der Waals surface area contributed by atoms with Crippen LogP contribution in [0.25, 0.3) is 0 Å². The van der Waals surface area contributed by atoms with Gasteiger partial charge in [-0.05, 0) is 49.3 Å². The Hall–Kier alpha value is -2.14. The Bertz CT molecular complexity index is 902. The predicted octanol–water partition coefficient (Wildman–Crippen LogP) is 4.18. The van der Waals surface area contributed by atoms with Crippen LogP contribution in [0.1, 0.15) is 33.1 Å². The van der Waals surface area contributed by atoms with Crippen LogP contribution in [0.15, 0.2) is 47.6 Å². The largest absolute Gasteiger partial charge is 0.461 e. The zero-order chi connectivity index (χ0) is 20.9. The molecule has 5 heteroatoms. The number of allylic oxidation sites excluding steroid dienone is 3. The summed E-state index contributed by atoms with van der Waals surface area (Å²) in [6.07, 6.45) is 7.91. The van der Waals surface area contributed by atoms with Gasteiger partial charge < -0.3 is 9.64 Å². The van der Waals surface area contributed by atoms with Gasteiger partial charge >= 0.3 is 5.97 Å². The van der Waals surface area contributed by atoms with Crippen molar-refractivity contribution in [3.8, 4) is 0 Å². The molecule has 4 nitrogen and oxygen atoms in total. The van der Waals surface area contributed by atoms with E-state index in [2.05, 4.69) is 35.8 Å². The Morgan fingerprint density at radius 3 is 2.73 bits per heavy atom. The first kappa shape index (κ1) is 19.8. The quantitative estimate of drug-likeness (QED) is 0.700. The second kappa shape index (κ2) is 7.52. The molecule has 2 saturated heterocycles. The van der Waals surface area contributed by atoms with E-state index in [1.165, 1.54) is 17.2 Å². The standard InChI is InChI=1S/C25H31FN2O2/c1-17-6-5-9-25(2)15-23-18(14-20(17)25)19(24(29)30-23)16-27-10-12-28(13-11-27)22-8-4-3-7-21(22)26/h3-4,6-8,14,18-19,23H,5,9-13,15-16H2,1-2H3. The Labute approximate surface area is 178 Å². The summed E-state index contributed by atoms with van der Waals surface area (Å²) in [5.41, 5.74) is 3.62. The van der Waals surface area contributed by atoms with Crippen molar-refractivity contribution in [1.82, 2.24) is 4.90 Å². The average Bonchev–Trinajstić information content (AvgIpc) is 3.01. The number of ether oxygens (including phenoxy) is 1. The molecule has 4 atom stereocenters. The lowest BCUT2D eigenvalue weighted by molar-refractivity contribution is -0.145. The number of hydrogen-bond donors (Lipinski definition) is 0. The van der Waals surface area contributed by atoms with Gasteiger partial charge in [-0.3, -0.25) is 9.69 Å². The molecule has 4 unspecified atom stereocenters. The van der Waals surface area contributed by atoms with Crippen molar-refractivity contribution >= 4 is 11.7 Å². The van der Waals surface area contributed by atoms with Gasteiger partial charge in [-0.2, -0.15) is 0 Å². The number of benzene rings is 1. The molecule has 5 rings (SSSR count). The zero-order valence-electron chi connectivity index (χ0n) is 17.9. The van der Waals surface area contributed by atoms with Crippen LogP contribution in [-0.2, 0) is 9.53 Å². The van der Waals surface area contributed by atoms with Crippen molar-refractivity contribution in [3.05, 3.63) is 53.4 Å². The van der Waals surface area contributed by atoms with Crippen molar-refractivity contribution in [3.63, 3.8) is 0 Å². The lowest BCUT2D eigenvalue weighted by Gasteiger charge is -2.43. The third-order valence-electron chi connectivity index (χ3n) is 7.72. The topological polar surface area (TPSA) is 32.8 Å². The Morgan fingerprint density at radius 1 is 1.20 bits per heavy atom. The van der Waals surface area contributed by atoms with Crippen LogP contribution in [0.2, 0.25) is 0 Å². The molecule has 30 heavy (non-hydrogen) atoms. The first-order valence-electron chi connectivity index (χ1n) is 11.3. The number of nitrogens with zero attached hydrogens (tertiary/aromatic N) is 2. The second-order valence-electron chi connectivity index (χ2n) is 9.67. The normalized spacial score (nSPS) is 34.0. The molecule has 0 N–H and O–H groups in total. The van der Waals surface area contributed by atoms with Crippen LogP contribution < -0.4 is 4.90 Å². The molecule has 1 aromatic rings. The van der Waals surface area contributed by atoms with Crippen LogP contribution in [0.3, 0.4) is 0 Å². The molecule has 2 heterocycles. The summed E-state index contributed by atoms with van der Waals surface area (Å²) in [5.74, 6) is -0.128. The van der Waals surface area contributed by atoms with Gasteiger partial charge in [0.05, 0.1) is 11.6 Å². The van der Waals surface area contributed by atoms with Crippen LogP contribution in [0.4, 0.5) is 10.1 Å². The lowest BCUT2D eigenvalue weighted by atomic mass is 9.62. The van der Waals surface area contributed by atoms with Gasteiger partial charge in [0.15, 0.2) is 0 Å². The summed E-state index contributed by atoms with van der Waals surface area (Å²) < 4.78 is 20.0. The maximum Gasteiger partial charge on any atom is 0.311 e. The van der Waals surface area contributed by atoms with E-state index in [4.69, 9.17) is 4.74 Å². The number of para-hydroxylation sites is 1. The zero-order valence-corrected chi connectivity index (χ0v) is 17.9. The first-order chi connectivity index (χ1) is 14.4. The molecule has 2 aliphatic carbocycles. The molecule has 2 aliphatic heterocycles. The van der Waals surface area contributed by atoms with E-state index in [9.17, 15) is 9.18 Å². The number of esters is 1. The molecule has 4 aliphatic rings. The lowest BCUT2D eigenvalue weighted by Crippen LogP contribution is -2.49. The number of carbonyl (C=O) groups is 1. The molecular formula is C25H31FN2O2. The number of carbonyl (C=O) groups excluding carboxylic acids is 1. The van der Waals surface area contributed by atoms with Crippen LogP contribution in [0, 0.1) is 23.1 Å². The molecule has 0 aromatic heterocycles. The fourth-order valence-electron chi connectivity index (χ4n) is 6.00. The molecule has 0 saturated carbocycles. The maximum absolute atomic E-state index is 14.1. The first-order valence-corrected chi connectivity index (χ1v) is 11.3. The van der Waals surface area contributed by atoms with E-state index in [1.54, 1.807) is 6.07 Å². The Morgan fingerprint density at radius 2 is 1.97 bits per heavy atom. The predicted molar refractivity (Wildman–Crippen MR) is 116 cm³/mol. The van der Waals surface area contributed by atoms with Crippen LogP contribution >= 0.6 is 0 Å². The van der Waals surface area contributed by atoms with Gasteiger partial charge in [-0.15, -0.1) is 0 Å². The molecule has 2 fully saturated rings. The van der Waals surface area contributed by atoms with Gasteiger partial charge in [-0.25, -0.2) is 4.39 Å². The summed E-state index contributed by atoms with van der Waals surface area (Å²) in [4.78, 5) is 17.2. The van der Waals surface area contributed by atoms with Crippen molar-refractivity contribution in [1.29, 1.82) is 0 Å². The van der Waals surface area contributed by atoms with Crippen molar-refractivity contribution < 1.29 is 13.9 Å². The Balaban J connectivity index is 1.28. The minimum atomic E-state index is -0.166. The van der Waals surface area contributed by atoms with Crippen molar-refractivity contribution in [2.24, 2.45) is 17.3 Å². The summed E-state index contributed by atoms with van der Waals surface area (Å²) in [6, 6.07) is 6.97. The van der Waals surface area contributed by atoms with E-state index < -0.39 is 0 Å². The number of halogens is 1. The molecule has 1 aromatic carbocycles. The molecule has 0 amide bonds. The van der Waals surface area contributed by atoms with Crippen LogP contribution in [0.5, 0.6) is 0 Å². The van der Waals surface area contributed by atoms with Crippen LogP contribution in [-0.4, -0.2) is 49.7 Å².